The number of nitrogens with zero attached hydrogens (tertiary/aromatic N) is 1. The van der Waals surface area contributed by atoms with Crippen molar-refractivity contribution in [1.29, 1.82) is 0 Å². The average molecular weight is 432 g/mol. The molecule has 0 heterocycles. The fourth-order valence-electron chi connectivity index (χ4n) is 4.17. The highest BCUT2D eigenvalue weighted by Gasteiger charge is 2.09. The summed E-state index contributed by atoms with van der Waals surface area (Å²) in [4.78, 5) is 14.3. The second kappa shape index (κ2) is 19.2. The molecule has 0 radical (unpaired) electrons. The van der Waals surface area contributed by atoms with Gasteiger partial charge in [0.05, 0.1) is 12.7 Å². The van der Waals surface area contributed by atoms with Crippen molar-refractivity contribution in [2.75, 3.05) is 25.1 Å². The van der Waals surface area contributed by atoms with E-state index in [1.165, 1.54) is 116 Å². The van der Waals surface area contributed by atoms with Crippen LogP contribution in [0.4, 0.5) is 5.69 Å². The highest BCUT2D eigenvalue weighted by molar-refractivity contribution is 5.89. The number of ether oxygens (including phenoxy) is 1. The molecule has 0 unspecified atom stereocenters. The number of unbranched alkanes of at least 4 members (excludes halogenated alkanes) is 14. The fourth-order valence-corrected chi connectivity index (χ4v) is 4.17. The van der Waals surface area contributed by atoms with E-state index in [0.29, 0.717) is 5.56 Å². The monoisotopic (exact) mass is 431 g/mol. The smallest absolute Gasteiger partial charge is 0.337 e. The summed E-state index contributed by atoms with van der Waals surface area (Å²) in [6, 6.07) is 7.97. The lowest BCUT2D eigenvalue weighted by molar-refractivity contribution is 0.0600. The number of rotatable bonds is 20. The van der Waals surface area contributed by atoms with Crippen LogP contribution in [0.25, 0.3) is 0 Å². The lowest BCUT2D eigenvalue weighted by atomic mass is 10.1. The van der Waals surface area contributed by atoms with Crippen molar-refractivity contribution in [2.24, 2.45) is 0 Å². The van der Waals surface area contributed by atoms with Gasteiger partial charge in [0.1, 0.15) is 0 Å². The van der Waals surface area contributed by atoms with Crippen LogP contribution in [0.15, 0.2) is 24.3 Å². The lowest BCUT2D eigenvalue weighted by Crippen LogP contribution is -2.25. The second-order valence-electron chi connectivity index (χ2n) is 8.98. The topological polar surface area (TPSA) is 29.5 Å². The second-order valence-corrected chi connectivity index (χ2v) is 8.98. The molecule has 0 spiro atoms. The van der Waals surface area contributed by atoms with Gasteiger partial charge in [0.2, 0.25) is 0 Å². The Labute approximate surface area is 192 Å². The van der Waals surface area contributed by atoms with Crippen molar-refractivity contribution >= 4 is 11.7 Å². The SMILES string of the molecule is CCCCCCCCCCN(CCCCCCCCCC)c1ccc(C(=O)OC)cc1. The third kappa shape index (κ3) is 13.5. The molecule has 1 aromatic rings. The van der Waals surface area contributed by atoms with Gasteiger partial charge >= 0.3 is 5.97 Å². The molecule has 0 aromatic heterocycles. The first-order valence-electron chi connectivity index (χ1n) is 13.2. The van der Waals surface area contributed by atoms with E-state index < -0.39 is 0 Å². The molecule has 0 amide bonds. The van der Waals surface area contributed by atoms with Crippen LogP contribution in [0, 0.1) is 0 Å². The Morgan fingerprint density at radius 3 is 1.42 bits per heavy atom. The van der Waals surface area contributed by atoms with Gasteiger partial charge in [0.15, 0.2) is 0 Å². The molecule has 0 N–H and O–H groups in total. The van der Waals surface area contributed by atoms with Crippen LogP contribution in [0.2, 0.25) is 0 Å². The number of esters is 1. The maximum Gasteiger partial charge on any atom is 0.337 e. The molecule has 0 aliphatic heterocycles. The molecule has 0 saturated heterocycles. The van der Waals surface area contributed by atoms with Crippen LogP contribution in [-0.2, 0) is 4.74 Å². The predicted molar refractivity (Wildman–Crippen MR) is 135 cm³/mol. The van der Waals surface area contributed by atoms with E-state index in [1.54, 1.807) is 0 Å². The zero-order valence-corrected chi connectivity index (χ0v) is 20.8. The van der Waals surface area contributed by atoms with Crippen molar-refractivity contribution in [3.63, 3.8) is 0 Å². The maximum atomic E-state index is 11.7. The molecule has 0 fully saturated rings. The van der Waals surface area contributed by atoms with Crippen LogP contribution in [-0.4, -0.2) is 26.2 Å². The van der Waals surface area contributed by atoms with Gasteiger partial charge in [-0.05, 0) is 37.1 Å². The first-order valence-corrected chi connectivity index (χ1v) is 13.2. The number of benzene rings is 1. The Kier molecular flexibility index (Phi) is 17.0. The van der Waals surface area contributed by atoms with Gasteiger partial charge in [-0.3, -0.25) is 0 Å². The van der Waals surface area contributed by atoms with Gasteiger partial charge in [0, 0.05) is 18.8 Å². The summed E-state index contributed by atoms with van der Waals surface area (Å²) in [5, 5.41) is 0. The summed E-state index contributed by atoms with van der Waals surface area (Å²) in [5.41, 5.74) is 1.86. The van der Waals surface area contributed by atoms with E-state index >= 15 is 0 Å². The Morgan fingerprint density at radius 1 is 0.645 bits per heavy atom. The van der Waals surface area contributed by atoms with E-state index in [4.69, 9.17) is 4.74 Å². The molecule has 178 valence electrons. The first-order chi connectivity index (χ1) is 15.2. The van der Waals surface area contributed by atoms with Gasteiger partial charge < -0.3 is 9.64 Å². The Bertz CT molecular complexity index is 520. The summed E-state index contributed by atoms with van der Waals surface area (Å²) >= 11 is 0. The molecule has 3 nitrogen and oxygen atoms in total. The molecule has 0 saturated carbocycles. The highest BCUT2D eigenvalue weighted by atomic mass is 16.5. The van der Waals surface area contributed by atoms with Gasteiger partial charge in [-0.25, -0.2) is 4.79 Å². The maximum absolute atomic E-state index is 11.7. The number of carbonyl (C=O) groups is 1. The molecular formula is C28H49NO2. The molecule has 1 rings (SSSR count). The largest absolute Gasteiger partial charge is 0.465 e. The van der Waals surface area contributed by atoms with E-state index in [0.717, 1.165) is 13.1 Å². The minimum Gasteiger partial charge on any atom is -0.465 e. The van der Waals surface area contributed by atoms with Crippen molar-refractivity contribution in [3.8, 4) is 0 Å². The Balaban J connectivity index is 2.41. The van der Waals surface area contributed by atoms with Gasteiger partial charge in [0.25, 0.3) is 0 Å². The number of hydrogen-bond acceptors (Lipinski definition) is 3. The third-order valence-electron chi connectivity index (χ3n) is 6.22. The van der Waals surface area contributed by atoms with E-state index in [-0.39, 0.29) is 5.97 Å². The predicted octanol–water partition coefficient (Wildman–Crippen LogP) is 8.56. The first kappa shape index (κ1) is 27.5. The van der Waals surface area contributed by atoms with Crippen LogP contribution in [0.3, 0.4) is 0 Å². The van der Waals surface area contributed by atoms with Gasteiger partial charge in [-0.15, -0.1) is 0 Å². The van der Waals surface area contributed by atoms with Crippen molar-refractivity contribution in [3.05, 3.63) is 29.8 Å². The molecule has 3 heteroatoms. The molecule has 0 bridgehead atoms. The summed E-state index contributed by atoms with van der Waals surface area (Å²) < 4.78 is 4.84. The number of methoxy groups -OCH3 is 1. The fraction of sp³-hybridized carbons (Fsp3) is 0.750. The van der Waals surface area contributed by atoms with Gasteiger partial charge in [-0.1, -0.05) is 104 Å². The summed E-state index contributed by atoms with van der Waals surface area (Å²) in [7, 11) is 1.44. The van der Waals surface area contributed by atoms with Crippen molar-refractivity contribution in [1.82, 2.24) is 0 Å². The Hall–Kier alpha value is -1.51. The van der Waals surface area contributed by atoms with Crippen LogP contribution >= 0.6 is 0 Å². The standard InChI is InChI=1S/C28H49NO2/c1-4-6-8-10-12-14-16-18-24-29(25-19-17-15-13-11-9-7-5-2)27-22-20-26(21-23-27)28(30)31-3/h20-23H,4-19,24-25H2,1-3H3. The lowest BCUT2D eigenvalue weighted by Gasteiger charge is -2.25. The van der Waals surface area contributed by atoms with Crippen LogP contribution in [0.1, 0.15) is 127 Å². The Morgan fingerprint density at radius 2 is 1.03 bits per heavy atom. The average Bonchev–Trinajstić information content (AvgIpc) is 2.80. The zero-order valence-electron chi connectivity index (χ0n) is 20.8. The number of anilines is 1. The quantitative estimate of drug-likeness (QED) is 0.153. The summed E-state index contributed by atoms with van der Waals surface area (Å²) in [6.45, 7) is 6.78. The molecule has 0 aliphatic carbocycles. The number of hydrogen-bond donors (Lipinski definition) is 0. The summed E-state index contributed by atoms with van der Waals surface area (Å²) in [5.74, 6) is -0.260. The van der Waals surface area contributed by atoms with E-state index in [1.807, 2.05) is 12.1 Å². The normalized spacial score (nSPS) is 10.9. The third-order valence-corrected chi connectivity index (χ3v) is 6.22. The zero-order chi connectivity index (χ0) is 22.6. The highest BCUT2D eigenvalue weighted by Crippen LogP contribution is 2.19. The molecule has 0 atom stereocenters. The van der Waals surface area contributed by atoms with E-state index in [9.17, 15) is 4.79 Å². The molecule has 1 aromatic carbocycles. The van der Waals surface area contributed by atoms with E-state index in [2.05, 4.69) is 30.9 Å². The molecule has 0 aliphatic rings. The van der Waals surface area contributed by atoms with Crippen molar-refractivity contribution < 1.29 is 9.53 Å². The van der Waals surface area contributed by atoms with Gasteiger partial charge in [-0.2, -0.15) is 0 Å². The van der Waals surface area contributed by atoms with Crippen LogP contribution in [0.5, 0.6) is 0 Å². The minimum atomic E-state index is -0.260. The molecule has 31 heavy (non-hydrogen) atoms. The minimum absolute atomic E-state index is 0.260. The van der Waals surface area contributed by atoms with Crippen molar-refractivity contribution in [2.45, 2.75) is 117 Å². The molecular weight excluding hydrogens is 382 g/mol. The van der Waals surface area contributed by atoms with Crippen LogP contribution < -0.4 is 4.90 Å². The summed E-state index contributed by atoms with van der Waals surface area (Å²) in [6.07, 6.45) is 21.6. The number of carbonyl (C=O) groups excluding carboxylic acids is 1.